The molecule has 0 bridgehead atoms. The SMILES string of the molecule is CC(CSc1cccc(Br)c1)C(N)=NO. The van der Waals surface area contributed by atoms with Crippen LogP contribution in [0.2, 0.25) is 0 Å². The quantitative estimate of drug-likeness (QED) is 0.294. The summed E-state index contributed by atoms with van der Waals surface area (Å²) < 4.78 is 1.06. The van der Waals surface area contributed by atoms with E-state index in [1.54, 1.807) is 11.8 Å². The number of halogens is 1. The summed E-state index contributed by atoms with van der Waals surface area (Å²) in [5.41, 5.74) is 5.49. The molecule has 0 aliphatic heterocycles. The standard InChI is InChI=1S/C10H13BrN2OS/c1-7(10(12)13-14)6-15-9-4-2-3-8(11)5-9/h2-5,7,14H,6H2,1H3,(H2,12,13). The molecule has 0 saturated heterocycles. The lowest BCUT2D eigenvalue weighted by atomic mass is 10.2. The average Bonchev–Trinajstić information content (AvgIpc) is 2.25. The van der Waals surface area contributed by atoms with Crippen LogP contribution >= 0.6 is 27.7 Å². The van der Waals surface area contributed by atoms with Crippen LogP contribution in [0, 0.1) is 5.92 Å². The highest BCUT2D eigenvalue weighted by Gasteiger charge is 2.07. The maximum Gasteiger partial charge on any atom is 0.142 e. The number of benzene rings is 1. The predicted octanol–water partition coefficient (Wildman–Crippen LogP) is 2.92. The molecule has 3 nitrogen and oxygen atoms in total. The third-order valence-corrected chi connectivity index (χ3v) is 3.66. The van der Waals surface area contributed by atoms with Crippen molar-refractivity contribution in [2.45, 2.75) is 11.8 Å². The van der Waals surface area contributed by atoms with E-state index >= 15 is 0 Å². The Balaban J connectivity index is 2.50. The Hall–Kier alpha value is -0.680. The molecule has 1 atom stereocenters. The first-order chi connectivity index (χ1) is 7.13. The summed E-state index contributed by atoms with van der Waals surface area (Å²) in [7, 11) is 0. The van der Waals surface area contributed by atoms with Gasteiger partial charge in [-0.25, -0.2) is 0 Å². The maximum absolute atomic E-state index is 8.49. The van der Waals surface area contributed by atoms with Crippen molar-refractivity contribution in [3.05, 3.63) is 28.7 Å². The van der Waals surface area contributed by atoms with Crippen molar-refractivity contribution in [2.24, 2.45) is 16.8 Å². The number of rotatable bonds is 4. The van der Waals surface area contributed by atoms with E-state index in [-0.39, 0.29) is 11.8 Å². The second-order valence-corrected chi connectivity index (χ2v) is 5.20. The van der Waals surface area contributed by atoms with Crippen LogP contribution in [-0.2, 0) is 0 Å². The Morgan fingerprint density at radius 3 is 3.00 bits per heavy atom. The normalized spacial score (nSPS) is 13.9. The molecule has 0 aromatic heterocycles. The van der Waals surface area contributed by atoms with Gasteiger partial charge in [-0.3, -0.25) is 0 Å². The fourth-order valence-electron chi connectivity index (χ4n) is 0.962. The van der Waals surface area contributed by atoms with E-state index in [4.69, 9.17) is 10.9 Å². The van der Waals surface area contributed by atoms with Crippen LogP contribution in [0.25, 0.3) is 0 Å². The molecule has 5 heteroatoms. The molecule has 1 rings (SSSR count). The lowest BCUT2D eigenvalue weighted by Crippen LogP contribution is -2.22. The Bertz CT molecular complexity index is 357. The number of thioether (sulfide) groups is 1. The smallest absolute Gasteiger partial charge is 0.142 e. The first-order valence-corrected chi connectivity index (χ1v) is 6.27. The average molecular weight is 289 g/mol. The number of hydrogen-bond donors (Lipinski definition) is 2. The van der Waals surface area contributed by atoms with Crippen molar-refractivity contribution in [1.82, 2.24) is 0 Å². The third-order valence-electron chi connectivity index (χ3n) is 1.92. The van der Waals surface area contributed by atoms with Gasteiger partial charge in [0.05, 0.1) is 0 Å². The summed E-state index contributed by atoms with van der Waals surface area (Å²) in [5.74, 6) is 1.14. The molecular weight excluding hydrogens is 276 g/mol. The Morgan fingerprint density at radius 1 is 1.67 bits per heavy atom. The molecule has 0 heterocycles. The van der Waals surface area contributed by atoms with Crippen LogP contribution in [0.3, 0.4) is 0 Å². The lowest BCUT2D eigenvalue weighted by Gasteiger charge is -2.08. The fourth-order valence-corrected chi connectivity index (χ4v) is 2.51. The zero-order valence-electron chi connectivity index (χ0n) is 8.35. The molecule has 0 fully saturated rings. The Kier molecular flexibility index (Phi) is 4.98. The van der Waals surface area contributed by atoms with Gasteiger partial charge in [-0.05, 0) is 18.2 Å². The molecule has 0 aliphatic rings. The summed E-state index contributed by atoms with van der Waals surface area (Å²) in [6.45, 7) is 1.93. The van der Waals surface area contributed by atoms with E-state index < -0.39 is 0 Å². The van der Waals surface area contributed by atoms with Crippen molar-refractivity contribution in [1.29, 1.82) is 0 Å². The minimum atomic E-state index is 0.0685. The fraction of sp³-hybridized carbons (Fsp3) is 0.300. The second kappa shape index (κ2) is 6.02. The molecule has 15 heavy (non-hydrogen) atoms. The van der Waals surface area contributed by atoms with Crippen molar-refractivity contribution < 1.29 is 5.21 Å². The first-order valence-electron chi connectivity index (χ1n) is 4.49. The van der Waals surface area contributed by atoms with Crippen molar-refractivity contribution >= 4 is 33.5 Å². The molecule has 0 amide bonds. The van der Waals surface area contributed by atoms with Crippen LogP contribution in [0.1, 0.15) is 6.92 Å². The number of hydrogen-bond acceptors (Lipinski definition) is 3. The molecule has 0 saturated carbocycles. The summed E-state index contributed by atoms with van der Waals surface area (Å²) in [6.07, 6.45) is 0. The third kappa shape index (κ3) is 4.13. The Morgan fingerprint density at radius 2 is 2.40 bits per heavy atom. The van der Waals surface area contributed by atoms with E-state index in [2.05, 4.69) is 21.1 Å². The first kappa shape index (κ1) is 12.4. The highest BCUT2D eigenvalue weighted by Crippen LogP contribution is 2.23. The highest BCUT2D eigenvalue weighted by molar-refractivity contribution is 9.10. The number of nitrogens with zero attached hydrogens (tertiary/aromatic N) is 1. The predicted molar refractivity (Wildman–Crippen MR) is 67.4 cm³/mol. The van der Waals surface area contributed by atoms with Gasteiger partial charge in [-0.15, -0.1) is 11.8 Å². The van der Waals surface area contributed by atoms with Gasteiger partial charge in [-0.1, -0.05) is 34.1 Å². The highest BCUT2D eigenvalue weighted by atomic mass is 79.9. The maximum atomic E-state index is 8.49. The van der Waals surface area contributed by atoms with E-state index in [1.807, 2.05) is 31.2 Å². The summed E-state index contributed by atoms with van der Waals surface area (Å²) in [4.78, 5) is 1.17. The van der Waals surface area contributed by atoms with Crippen molar-refractivity contribution in [3.63, 3.8) is 0 Å². The number of nitrogens with two attached hydrogens (primary N) is 1. The molecule has 82 valence electrons. The molecule has 1 aromatic carbocycles. The van der Waals surface area contributed by atoms with E-state index in [0.717, 1.165) is 10.2 Å². The molecule has 0 aliphatic carbocycles. The zero-order chi connectivity index (χ0) is 11.3. The van der Waals surface area contributed by atoms with Crippen LogP contribution in [0.5, 0.6) is 0 Å². The van der Waals surface area contributed by atoms with Gasteiger partial charge in [-0.2, -0.15) is 0 Å². The number of oxime groups is 1. The minimum Gasteiger partial charge on any atom is -0.409 e. The summed E-state index contributed by atoms with van der Waals surface area (Å²) >= 11 is 5.09. The van der Waals surface area contributed by atoms with Crippen molar-refractivity contribution in [3.8, 4) is 0 Å². The van der Waals surface area contributed by atoms with Gasteiger partial charge in [0.1, 0.15) is 5.84 Å². The van der Waals surface area contributed by atoms with Crippen LogP contribution in [0.4, 0.5) is 0 Å². The second-order valence-electron chi connectivity index (χ2n) is 3.19. The lowest BCUT2D eigenvalue weighted by molar-refractivity contribution is 0.315. The largest absolute Gasteiger partial charge is 0.409 e. The van der Waals surface area contributed by atoms with Gasteiger partial charge in [0.2, 0.25) is 0 Å². The van der Waals surface area contributed by atoms with E-state index in [0.29, 0.717) is 0 Å². The number of amidine groups is 1. The van der Waals surface area contributed by atoms with Gasteiger partial charge in [0.25, 0.3) is 0 Å². The Labute approximate surface area is 102 Å². The van der Waals surface area contributed by atoms with Crippen molar-refractivity contribution in [2.75, 3.05) is 5.75 Å². The van der Waals surface area contributed by atoms with Gasteiger partial charge < -0.3 is 10.9 Å². The molecule has 0 radical (unpaired) electrons. The summed E-state index contributed by atoms with van der Waals surface area (Å²) in [5, 5.41) is 11.5. The van der Waals surface area contributed by atoms with Gasteiger partial charge in [0.15, 0.2) is 0 Å². The summed E-state index contributed by atoms with van der Waals surface area (Å²) in [6, 6.07) is 8.05. The van der Waals surface area contributed by atoms with E-state index in [1.165, 1.54) is 4.90 Å². The minimum absolute atomic E-state index is 0.0685. The van der Waals surface area contributed by atoms with Gasteiger partial charge >= 0.3 is 0 Å². The zero-order valence-corrected chi connectivity index (χ0v) is 10.8. The molecule has 1 aromatic rings. The van der Waals surface area contributed by atoms with Crippen LogP contribution < -0.4 is 5.73 Å². The molecular formula is C10H13BrN2OS. The monoisotopic (exact) mass is 288 g/mol. The van der Waals surface area contributed by atoms with E-state index in [9.17, 15) is 0 Å². The van der Waals surface area contributed by atoms with Gasteiger partial charge in [0, 0.05) is 21.0 Å². The molecule has 1 unspecified atom stereocenters. The van der Waals surface area contributed by atoms with Crippen LogP contribution in [-0.4, -0.2) is 16.8 Å². The van der Waals surface area contributed by atoms with Crippen LogP contribution in [0.15, 0.2) is 38.8 Å². The molecule has 0 spiro atoms. The topological polar surface area (TPSA) is 58.6 Å². The molecule has 3 N–H and O–H groups in total.